The minimum absolute atomic E-state index is 0.000185. The van der Waals surface area contributed by atoms with E-state index in [1.54, 1.807) is 24.3 Å². The summed E-state index contributed by atoms with van der Waals surface area (Å²) in [5, 5.41) is 10.8. The van der Waals surface area contributed by atoms with E-state index in [4.69, 9.17) is 4.74 Å². The fourth-order valence-corrected chi connectivity index (χ4v) is 6.28. The van der Waals surface area contributed by atoms with Crippen LogP contribution < -0.4 is 0 Å². The lowest BCUT2D eigenvalue weighted by Gasteiger charge is -2.58. The van der Waals surface area contributed by atoms with Crippen LogP contribution in [-0.4, -0.2) is 46.5 Å². The molecule has 0 aromatic heterocycles. The van der Waals surface area contributed by atoms with Crippen LogP contribution in [0.25, 0.3) is 0 Å². The number of amides is 2. The third-order valence-electron chi connectivity index (χ3n) is 6.89. The molecule has 0 saturated heterocycles. The van der Waals surface area contributed by atoms with Crippen LogP contribution in [0.2, 0.25) is 0 Å². The van der Waals surface area contributed by atoms with Crippen molar-refractivity contribution in [1.29, 1.82) is 0 Å². The van der Waals surface area contributed by atoms with Gasteiger partial charge in [0.2, 0.25) is 0 Å². The summed E-state index contributed by atoms with van der Waals surface area (Å²) >= 11 is 0. The zero-order valence-corrected chi connectivity index (χ0v) is 15.1. The summed E-state index contributed by atoms with van der Waals surface area (Å²) in [5.74, 6) is -0.141. The molecule has 2 amide bonds. The first-order valence-electron chi connectivity index (χ1n) is 9.74. The molecule has 4 aliphatic carbocycles. The van der Waals surface area contributed by atoms with Gasteiger partial charge in [-0.15, -0.1) is 0 Å². The van der Waals surface area contributed by atoms with Gasteiger partial charge in [-0.3, -0.25) is 19.3 Å². The first kappa shape index (κ1) is 16.9. The number of hydrogen-bond acceptors (Lipinski definition) is 5. The lowest BCUT2D eigenvalue weighted by molar-refractivity contribution is -0.196. The number of imide groups is 1. The Labute approximate surface area is 157 Å². The molecule has 0 spiro atoms. The molecule has 27 heavy (non-hydrogen) atoms. The van der Waals surface area contributed by atoms with Gasteiger partial charge >= 0.3 is 5.97 Å². The monoisotopic (exact) mass is 369 g/mol. The first-order valence-corrected chi connectivity index (χ1v) is 9.74. The highest BCUT2D eigenvalue weighted by atomic mass is 16.5. The zero-order valence-electron chi connectivity index (χ0n) is 15.1. The molecule has 1 aromatic rings. The molecule has 4 atom stereocenters. The van der Waals surface area contributed by atoms with Crippen LogP contribution >= 0.6 is 0 Å². The van der Waals surface area contributed by atoms with E-state index in [2.05, 4.69) is 0 Å². The van der Waals surface area contributed by atoms with Gasteiger partial charge in [-0.1, -0.05) is 12.1 Å². The lowest BCUT2D eigenvalue weighted by atomic mass is 9.48. The molecule has 0 radical (unpaired) electrons. The molecule has 4 bridgehead atoms. The van der Waals surface area contributed by atoms with Crippen molar-refractivity contribution in [3.8, 4) is 0 Å². The Morgan fingerprint density at radius 1 is 1.07 bits per heavy atom. The summed E-state index contributed by atoms with van der Waals surface area (Å²) in [4.78, 5) is 38.8. The fraction of sp³-hybridized carbons (Fsp3) is 0.571. The number of carbonyl (C=O) groups excluding carboxylic acids is 3. The van der Waals surface area contributed by atoms with E-state index in [9.17, 15) is 19.5 Å². The molecule has 6 nitrogen and oxygen atoms in total. The molecule has 4 saturated carbocycles. The highest BCUT2D eigenvalue weighted by Gasteiger charge is 2.60. The normalized spacial score (nSPS) is 36.3. The van der Waals surface area contributed by atoms with Crippen LogP contribution in [0.4, 0.5) is 0 Å². The van der Waals surface area contributed by atoms with Crippen LogP contribution in [0.1, 0.15) is 59.2 Å². The van der Waals surface area contributed by atoms with Gasteiger partial charge in [0, 0.05) is 0 Å². The second-order valence-corrected chi connectivity index (χ2v) is 8.91. The molecule has 4 fully saturated rings. The van der Waals surface area contributed by atoms with Gasteiger partial charge in [-0.05, 0) is 62.5 Å². The van der Waals surface area contributed by atoms with Crippen LogP contribution in [0.5, 0.6) is 0 Å². The van der Waals surface area contributed by atoms with Gasteiger partial charge in [-0.25, -0.2) is 0 Å². The summed E-state index contributed by atoms with van der Waals surface area (Å²) in [5.41, 5.74) is -0.499. The smallest absolute Gasteiger partial charge is 0.312 e. The summed E-state index contributed by atoms with van der Waals surface area (Å²) in [7, 11) is 0. The number of nitrogens with zero attached hydrogens (tertiary/aromatic N) is 1. The molecule has 1 aromatic carbocycles. The molecule has 5 aliphatic rings. The van der Waals surface area contributed by atoms with Gasteiger partial charge in [-0.2, -0.15) is 0 Å². The van der Waals surface area contributed by atoms with E-state index in [1.165, 1.54) is 0 Å². The highest BCUT2D eigenvalue weighted by molar-refractivity contribution is 6.21. The Balaban J connectivity index is 1.24. The predicted octanol–water partition coefficient (Wildman–Crippen LogP) is 2.16. The average Bonchev–Trinajstić information content (AvgIpc) is 2.85. The van der Waals surface area contributed by atoms with Gasteiger partial charge in [0.1, 0.15) is 6.61 Å². The van der Waals surface area contributed by atoms with E-state index in [0.717, 1.165) is 37.0 Å². The van der Waals surface area contributed by atoms with Gasteiger partial charge in [0.25, 0.3) is 11.8 Å². The molecular weight excluding hydrogens is 346 g/mol. The molecular formula is C21H23NO5. The van der Waals surface area contributed by atoms with Crippen molar-refractivity contribution in [2.24, 2.45) is 17.3 Å². The quantitative estimate of drug-likeness (QED) is 0.649. The zero-order chi connectivity index (χ0) is 18.8. The molecule has 1 N–H and O–H groups in total. The summed E-state index contributed by atoms with van der Waals surface area (Å²) in [6, 6.07) is 6.73. The number of rotatable bonds is 4. The Bertz CT molecular complexity index is 798. The minimum atomic E-state index is -0.717. The number of hydrogen-bond donors (Lipinski definition) is 1. The Morgan fingerprint density at radius 2 is 1.67 bits per heavy atom. The number of benzene rings is 1. The van der Waals surface area contributed by atoms with Crippen molar-refractivity contribution in [3.05, 3.63) is 35.4 Å². The predicted molar refractivity (Wildman–Crippen MR) is 94.8 cm³/mol. The molecule has 142 valence electrons. The van der Waals surface area contributed by atoms with Crippen molar-refractivity contribution in [1.82, 2.24) is 4.90 Å². The SMILES string of the molecule is O=C1c2ccccc2C(=O)N1CCOC(=O)C12C[C@@H]3C[C@@H](CC(O)(C3)C1)C2. The van der Waals surface area contributed by atoms with Crippen molar-refractivity contribution in [2.45, 2.75) is 44.1 Å². The maximum absolute atomic E-state index is 12.9. The van der Waals surface area contributed by atoms with Crippen molar-refractivity contribution in [3.63, 3.8) is 0 Å². The van der Waals surface area contributed by atoms with E-state index < -0.39 is 11.0 Å². The van der Waals surface area contributed by atoms with Gasteiger partial charge in [0.05, 0.1) is 28.7 Å². The minimum Gasteiger partial charge on any atom is -0.463 e. The van der Waals surface area contributed by atoms with Crippen LogP contribution in [0.15, 0.2) is 24.3 Å². The summed E-state index contributed by atoms with van der Waals surface area (Å²) < 4.78 is 5.53. The molecule has 1 heterocycles. The standard InChI is InChI=1S/C21H23NO5/c23-17-15-3-1-2-4-16(15)18(24)22(17)5-6-27-19(25)20-8-13-7-14(9-20)11-21(26,10-13)12-20/h1-4,13-14,26H,5-12H2/t13-,14+,20?,21?. The number of fused-ring (bicyclic) bond motifs is 1. The largest absolute Gasteiger partial charge is 0.463 e. The van der Waals surface area contributed by atoms with E-state index in [1.807, 2.05) is 0 Å². The summed E-state index contributed by atoms with van der Waals surface area (Å²) in [6.07, 6.45) is 4.77. The molecule has 6 rings (SSSR count). The van der Waals surface area contributed by atoms with Crippen molar-refractivity contribution in [2.75, 3.05) is 13.2 Å². The number of ether oxygens (including phenoxy) is 1. The first-order chi connectivity index (χ1) is 12.9. The van der Waals surface area contributed by atoms with E-state index in [0.29, 0.717) is 29.4 Å². The lowest BCUT2D eigenvalue weighted by Crippen LogP contribution is -2.58. The van der Waals surface area contributed by atoms with Gasteiger partial charge in [0.15, 0.2) is 0 Å². The number of carbonyl (C=O) groups is 3. The fourth-order valence-electron chi connectivity index (χ4n) is 6.28. The molecule has 6 heteroatoms. The number of esters is 1. The second-order valence-electron chi connectivity index (χ2n) is 8.91. The maximum atomic E-state index is 12.9. The van der Waals surface area contributed by atoms with Gasteiger partial charge < -0.3 is 9.84 Å². The average molecular weight is 369 g/mol. The van der Waals surface area contributed by atoms with Crippen molar-refractivity contribution < 1.29 is 24.2 Å². The Kier molecular flexibility index (Phi) is 3.54. The Hall–Kier alpha value is -2.21. The van der Waals surface area contributed by atoms with Crippen LogP contribution in [0, 0.1) is 17.3 Å². The highest BCUT2D eigenvalue weighted by Crippen LogP contribution is 2.61. The van der Waals surface area contributed by atoms with E-state index in [-0.39, 0.29) is 30.9 Å². The second kappa shape index (κ2) is 5.64. The van der Waals surface area contributed by atoms with Crippen molar-refractivity contribution >= 4 is 17.8 Å². The Morgan fingerprint density at radius 3 is 2.22 bits per heavy atom. The molecule has 2 unspecified atom stereocenters. The third kappa shape index (κ3) is 2.53. The molecule has 1 aliphatic heterocycles. The summed E-state index contributed by atoms with van der Waals surface area (Å²) in [6.45, 7) is 0.0606. The topological polar surface area (TPSA) is 83.9 Å². The van der Waals surface area contributed by atoms with Crippen LogP contribution in [-0.2, 0) is 9.53 Å². The van der Waals surface area contributed by atoms with Crippen LogP contribution in [0.3, 0.4) is 0 Å². The third-order valence-corrected chi connectivity index (χ3v) is 6.89. The number of aliphatic hydroxyl groups is 1. The van der Waals surface area contributed by atoms with E-state index >= 15 is 0 Å². The maximum Gasteiger partial charge on any atom is 0.312 e.